The van der Waals surface area contributed by atoms with Crippen LogP contribution < -0.4 is 9.47 Å². The van der Waals surface area contributed by atoms with Gasteiger partial charge in [-0.2, -0.15) is 0 Å². The molecule has 8 heteroatoms. The molecule has 1 aliphatic rings. The van der Waals surface area contributed by atoms with Crippen LogP contribution in [0.2, 0.25) is 0 Å². The smallest absolute Gasteiger partial charge is 0.481 e. The van der Waals surface area contributed by atoms with Crippen molar-refractivity contribution >= 4 is 11.9 Å². The summed E-state index contributed by atoms with van der Waals surface area (Å²) in [5, 5.41) is 17.5. The molecule has 1 aromatic carbocycles. The molecule has 0 radical (unpaired) electrons. The Balaban J connectivity index is 2.31. The van der Waals surface area contributed by atoms with Gasteiger partial charge in [-0.05, 0) is 11.6 Å². The number of rotatable bonds is 4. The Morgan fingerprint density at radius 2 is 1.84 bits per heavy atom. The summed E-state index contributed by atoms with van der Waals surface area (Å²) in [5.74, 6) is -5.45. The van der Waals surface area contributed by atoms with Crippen LogP contribution in [0.15, 0.2) is 18.2 Å². The number of halogens is 2. The van der Waals surface area contributed by atoms with Gasteiger partial charge in [-0.3, -0.25) is 9.59 Å². The van der Waals surface area contributed by atoms with Crippen LogP contribution in [-0.2, 0) is 16.0 Å². The molecule has 2 rings (SSSR count). The molecule has 1 aromatic rings. The minimum Gasteiger partial charge on any atom is -0.481 e. The average molecular weight is 274 g/mol. The Morgan fingerprint density at radius 1 is 1.21 bits per heavy atom. The standard InChI is InChI=1S/C11H8F2O6/c12-11(13)18-7-3-1-2-5(8(7)19-11)4-6(9(14)15)10(16)17/h1-3,6H,4H2,(H,14,15)(H,16,17). The van der Waals surface area contributed by atoms with Crippen LogP contribution >= 0.6 is 0 Å². The van der Waals surface area contributed by atoms with Crippen molar-refractivity contribution in [1.82, 2.24) is 0 Å². The van der Waals surface area contributed by atoms with E-state index in [4.69, 9.17) is 10.2 Å². The number of hydrogen-bond acceptors (Lipinski definition) is 4. The molecule has 0 atom stereocenters. The van der Waals surface area contributed by atoms with E-state index in [-0.39, 0.29) is 17.1 Å². The third kappa shape index (κ3) is 2.56. The van der Waals surface area contributed by atoms with Crippen molar-refractivity contribution in [1.29, 1.82) is 0 Å². The Kier molecular flexibility index (Phi) is 3.01. The summed E-state index contributed by atoms with van der Waals surface area (Å²) in [6.07, 6.45) is -4.31. The number of alkyl halides is 2. The monoisotopic (exact) mass is 274 g/mol. The SMILES string of the molecule is O=C(O)C(Cc1cccc2c1OC(F)(F)O2)C(=O)O. The first-order valence-corrected chi connectivity index (χ1v) is 5.13. The first-order chi connectivity index (χ1) is 8.80. The molecule has 0 aromatic heterocycles. The van der Waals surface area contributed by atoms with Gasteiger partial charge in [0.2, 0.25) is 0 Å². The van der Waals surface area contributed by atoms with Gasteiger partial charge >= 0.3 is 18.2 Å². The largest absolute Gasteiger partial charge is 0.586 e. The molecule has 6 nitrogen and oxygen atoms in total. The summed E-state index contributed by atoms with van der Waals surface area (Å²) in [5.41, 5.74) is 0.0319. The molecule has 2 N–H and O–H groups in total. The lowest BCUT2D eigenvalue weighted by molar-refractivity contribution is -0.286. The highest BCUT2D eigenvalue weighted by Crippen LogP contribution is 2.43. The van der Waals surface area contributed by atoms with E-state index in [1.807, 2.05) is 0 Å². The Bertz CT molecular complexity index is 528. The third-order valence-electron chi connectivity index (χ3n) is 2.53. The maximum Gasteiger partial charge on any atom is 0.586 e. The van der Waals surface area contributed by atoms with Crippen LogP contribution in [0.4, 0.5) is 8.78 Å². The van der Waals surface area contributed by atoms with E-state index in [1.54, 1.807) is 0 Å². The predicted molar refractivity (Wildman–Crippen MR) is 55.1 cm³/mol. The van der Waals surface area contributed by atoms with Gasteiger partial charge in [-0.25, -0.2) is 0 Å². The highest BCUT2D eigenvalue weighted by Gasteiger charge is 2.45. The zero-order valence-corrected chi connectivity index (χ0v) is 9.30. The number of para-hydroxylation sites is 1. The summed E-state index contributed by atoms with van der Waals surface area (Å²) in [6.45, 7) is 0. The lowest BCUT2D eigenvalue weighted by Crippen LogP contribution is -2.27. The number of hydrogen-bond donors (Lipinski definition) is 2. The molecule has 102 valence electrons. The molecule has 0 saturated carbocycles. The topological polar surface area (TPSA) is 93.1 Å². The molecular formula is C11H8F2O6. The van der Waals surface area contributed by atoms with E-state index in [0.717, 1.165) is 0 Å². The molecule has 0 bridgehead atoms. The molecule has 19 heavy (non-hydrogen) atoms. The number of carboxylic acids is 2. The highest BCUT2D eigenvalue weighted by molar-refractivity contribution is 5.93. The number of carboxylic acid groups (broad SMARTS) is 2. The first kappa shape index (κ1) is 13.1. The normalized spacial score (nSPS) is 15.5. The second-order valence-electron chi connectivity index (χ2n) is 3.85. The maximum absolute atomic E-state index is 12.9. The quantitative estimate of drug-likeness (QED) is 0.805. The van der Waals surface area contributed by atoms with Crippen LogP contribution in [-0.4, -0.2) is 28.4 Å². The lowest BCUT2D eigenvalue weighted by atomic mass is 9.98. The van der Waals surface area contributed by atoms with Crippen LogP contribution in [0.3, 0.4) is 0 Å². The van der Waals surface area contributed by atoms with Crippen molar-refractivity contribution in [3.63, 3.8) is 0 Å². The Morgan fingerprint density at radius 3 is 2.42 bits per heavy atom. The molecule has 0 amide bonds. The molecule has 0 saturated heterocycles. The van der Waals surface area contributed by atoms with Gasteiger partial charge in [0.25, 0.3) is 0 Å². The molecule has 1 aliphatic heterocycles. The fraction of sp³-hybridized carbons (Fsp3) is 0.273. The Labute approximate surface area is 105 Å². The van der Waals surface area contributed by atoms with Crippen LogP contribution in [0.5, 0.6) is 11.5 Å². The number of aliphatic carboxylic acids is 2. The third-order valence-corrected chi connectivity index (χ3v) is 2.53. The second-order valence-corrected chi connectivity index (χ2v) is 3.85. The van der Waals surface area contributed by atoms with Crippen LogP contribution in [0.25, 0.3) is 0 Å². The van der Waals surface area contributed by atoms with Gasteiger partial charge in [0.05, 0.1) is 0 Å². The van der Waals surface area contributed by atoms with E-state index in [9.17, 15) is 18.4 Å². The van der Waals surface area contributed by atoms with E-state index >= 15 is 0 Å². The summed E-state index contributed by atoms with van der Waals surface area (Å²) in [4.78, 5) is 21.5. The van der Waals surface area contributed by atoms with Crippen LogP contribution in [0, 0.1) is 5.92 Å². The first-order valence-electron chi connectivity index (χ1n) is 5.13. The molecular weight excluding hydrogens is 266 g/mol. The lowest BCUT2D eigenvalue weighted by Gasteiger charge is -2.10. The van der Waals surface area contributed by atoms with Gasteiger partial charge in [-0.15, -0.1) is 8.78 Å². The molecule has 0 fully saturated rings. The van der Waals surface area contributed by atoms with Crippen molar-refractivity contribution in [3.8, 4) is 11.5 Å². The number of benzene rings is 1. The number of ether oxygens (including phenoxy) is 2. The van der Waals surface area contributed by atoms with Crippen molar-refractivity contribution in [2.75, 3.05) is 0 Å². The summed E-state index contributed by atoms with van der Waals surface area (Å²) in [7, 11) is 0. The van der Waals surface area contributed by atoms with Gasteiger partial charge in [0.1, 0.15) is 0 Å². The fourth-order valence-corrected chi connectivity index (χ4v) is 1.69. The van der Waals surface area contributed by atoms with E-state index in [2.05, 4.69) is 9.47 Å². The van der Waals surface area contributed by atoms with E-state index in [1.165, 1.54) is 18.2 Å². The maximum atomic E-state index is 12.9. The van der Waals surface area contributed by atoms with Crippen molar-refractivity contribution in [2.45, 2.75) is 12.7 Å². The fourth-order valence-electron chi connectivity index (χ4n) is 1.69. The van der Waals surface area contributed by atoms with Crippen molar-refractivity contribution in [3.05, 3.63) is 23.8 Å². The summed E-state index contributed by atoms with van der Waals surface area (Å²) >= 11 is 0. The zero-order valence-electron chi connectivity index (χ0n) is 9.30. The van der Waals surface area contributed by atoms with Gasteiger partial charge in [-0.1, -0.05) is 12.1 Å². The second kappa shape index (κ2) is 4.38. The van der Waals surface area contributed by atoms with Crippen LogP contribution in [0.1, 0.15) is 5.56 Å². The summed E-state index contributed by atoms with van der Waals surface area (Å²) in [6, 6.07) is 3.87. The van der Waals surface area contributed by atoms with Gasteiger partial charge in [0.15, 0.2) is 17.4 Å². The minimum absolute atomic E-state index is 0.0319. The molecule has 0 unspecified atom stereocenters. The average Bonchev–Trinajstić information content (AvgIpc) is 2.59. The van der Waals surface area contributed by atoms with Crippen molar-refractivity contribution in [2.24, 2.45) is 5.92 Å². The predicted octanol–water partition coefficient (Wildman–Crippen LogP) is 1.34. The zero-order chi connectivity index (χ0) is 14.2. The van der Waals surface area contributed by atoms with E-state index in [0.29, 0.717) is 0 Å². The molecule has 0 aliphatic carbocycles. The molecule has 1 heterocycles. The van der Waals surface area contributed by atoms with Gasteiger partial charge in [0, 0.05) is 6.42 Å². The highest BCUT2D eigenvalue weighted by atomic mass is 19.3. The van der Waals surface area contributed by atoms with Gasteiger partial charge < -0.3 is 19.7 Å². The summed E-state index contributed by atoms with van der Waals surface area (Å²) < 4.78 is 34.2. The Hall–Kier alpha value is -2.38. The van der Waals surface area contributed by atoms with E-state index < -0.39 is 30.6 Å². The minimum atomic E-state index is -3.83. The number of fused-ring (bicyclic) bond motifs is 1. The van der Waals surface area contributed by atoms with Crippen molar-refractivity contribution < 1.29 is 38.1 Å². The number of carbonyl (C=O) groups is 2. The molecule has 0 spiro atoms.